The van der Waals surface area contributed by atoms with E-state index >= 15 is 0 Å². The number of nitrogens with one attached hydrogen (secondary N) is 1. The molecule has 0 fully saturated rings. The van der Waals surface area contributed by atoms with Gasteiger partial charge in [0.2, 0.25) is 0 Å². The fourth-order valence-corrected chi connectivity index (χ4v) is 2.81. The molecule has 1 amide bonds. The van der Waals surface area contributed by atoms with Gasteiger partial charge in [0.05, 0.1) is 30.9 Å². The summed E-state index contributed by atoms with van der Waals surface area (Å²) < 4.78 is 10.5. The average molecular weight is 325 g/mol. The molecular weight excluding hydrogens is 306 g/mol. The Morgan fingerprint density at radius 1 is 1.08 bits per heavy atom. The van der Waals surface area contributed by atoms with Gasteiger partial charge in [-0.3, -0.25) is 4.79 Å². The third-order valence-corrected chi connectivity index (χ3v) is 4.11. The zero-order chi connectivity index (χ0) is 16.9. The van der Waals surface area contributed by atoms with Crippen molar-refractivity contribution in [2.75, 3.05) is 13.7 Å². The molecular formula is C19H19NO4. The molecule has 0 spiro atoms. The summed E-state index contributed by atoms with van der Waals surface area (Å²) in [5.41, 5.74) is 3.00. The van der Waals surface area contributed by atoms with Crippen molar-refractivity contribution in [3.63, 3.8) is 0 Å². The molecule has 2 aromatic carbocycles. The van der Waals surface area contributed by atoms with E-state index in [1.807, 2.05) is 12.1 Å². The lowest BCUT2D eigenvalue weighted by Crippen LogP contribution is -2.37. The molecule has 0 radical (unpaired) electrons. The quantitative estimate of drug-likeness (QED) is 0.877. The summed E-state index contributed by atoms with van der Waals surface area (Å²) in [6.07, 6.45) is 0.684. The molecule has 124 valence electrons. The number of esters is 1. The predicted molar refractivity (Wildman–Crippen MR) is 88.8 cm³/mol. The zero-order valence-electron chi connectivity index (χ0n) is 13.5. The lowest BCUT2D eigenvalue weighted by atomic mass is 9.99. The first kappa shape index (κ1) is 16.2. The molecule has 0 aliphatic carbocycles. The molecule has 24 heavy (non-hydrogen) atoms. The maximum Gasteiger partial charge on any atom is 0.338 e. The smallest absolute Gasteiger partial charge is 0.338 e. The molecule has 0 saturated carbocycles. The van der Waals surface area contributed by atoms with Gasteiger partial charge in [0.1, 0.15) is 0 Å². The Morgan fingerprint density at radius 2 is 1.75 bits per heavy atom. The summed E-state index contributed by atoms with van der Waals surface area (Å²) in [5.74, 6) is -0.831. The minimum absolute atomic E-state index is 0.0749. The SMILES string of the molecule is COC(=O)c1ccccc1C(=O)NCC1Cc2ccccc2CO1. The van der Waals surface area contributed by atoms with Crippen molar-refractivity contribution in [2.45, 2.75) is 19.1 Å². The highest BCUT2D eigenvalue weighted by atomic mass is 16.5. The number of rotatable bonds is 4. The third-order valence-electron chi connectivity index (χ3n) is 4.11. The van der Waals surface area contributed by atoms with Crippen LogP contribution in [0.1, 0.15) is 31.8 Å². The molecule has 5 heteroatoms. The first-order valence-corrected chi connectivity index (χ1v) is 7.83. The van der Waals surface area contributed by atoms with E-state index in [9.17, 15) is 9.59 Å². The highest BCUT2D eigenvalue weighted by molar-refractivity contribution is 6.05. The van der Waals surface area contributed by atoms with Gasteiger partial charge in [-0.25, -0.2) is 4.79 Å². The number of methoxy groups -OCH3 is 1. The number of fused-ring (bicyclic) bond motifs is 1. The van der Waals surface area contributed by atoms with Crippen molar-refractivity contribution in [3.05, 3.63) is 70.8 Å². The summed E-state index contributed by atoms with van der Waals surface area (Å²) in [5, 5.41) is 2.85. The van der Waals surface area contributed by atoms with Gasteiger partial charge >= 0.3 is 5.97 Å². The van der Waals surface area contributed by atoms with Crippen molar-refractivity contribution in [1.29, 1.82) is 0 Å². The zero-order valence-corrected chi connectivity index (χ0v) is 13.5. The van der Waals surface area contributed by atoms with Crippen LogP contribution in [0, 0.1) is 0 Å². The monoisotopic (exact) mass is 325 g/mol. The van der Waals surface area contributed by atoms with Crippen LogP contribution in [0.2, 0.25) is 0 Å². The minimum atomic E-state index is -0.524. The number of carbonyl (C=O) groups excluding carboxylic acids is 2. The molecule has 1 unspecified atom stereocenters. The van der Waals surface area contributed by atoms with Gasteiger partial charge in [-0.05, 0) is 23.3 Å². The first-order chi connectivity index (χ1) is 11.7. The van der Waals surface area contributed by atoms with Gasteiger partial charge < -0.3 is 14.8 Å². The van der Waals surface area contributed by atoms with Gasteiger partial charge in [0.25, 0.3) is 5.91 Å². The second-order valence-electron chi connectivity index (χ2n) is 5.65. The van der Waals surface area contributed by atoms with Gasteiger partial charge in [-0.15, -0.1) is 0 Å². The molecule has 1 aliphatic rings. The summed E-state index contributed by atoms with van der Waals surface area (Å²) >= 11 is 0. The first-order valence-electron chi connectivity index (χ1n) is 7.83. The minimum Gasteiger partial charge on any atom is -0.465 e. The van der Waals surface area contributed by atoms with Gasteiger partial charge in [0, 0.05) is 13.0 Å². The number of carbonyl (C=O) groups is 2. The van der Waals surface area contributed by atoms with Crippen molar-refractivity contribution in [1.82, 2.24) is 5.32 Å². The Hall–Kier alpha value is -2.66. The van der Waals surface area contributed by atoms with E-state index in [2.05, 4.69) is 17.4 Å². The molecule has 2 aromatic rings. The van der Waals surface area contributed by atoms with Gasteiger partial charge in [-0.2, -0.15) is 0 Å². The molecule has 5 nitrogen and oxygen atoms in total. The van der Waals surface area contributed by atoms with Crippen molar-refractivity contribution in [3.8, 4) is 0 Å². The van der Waals surface area contributed by atoms with Crippen LogP contribution in [0.3, 0.4) is 0 Å². The summed E-state index contributed by atoms with van der Waals surface area (Å²) in [6.45, 7) is 0.943. The van der Waals surface area contributed by atoms with Crippen LogP contribution in [-0.4, -0.2) is 31.6 Å². The van der Waals surface area contributed by atoms with Gasteiger partial charge in [0.15, 0.2) is 0 Å². The van der Waals surface area contributed by atoms with Crippen LogP contribution in [0.15, 0.2) is 48.5 Å². The van der Waals surface area contributed by atoms with E-state index in [1.165, 1.54) is 18.2 Å². The number of benzene rings is 2. The normalized spacial score (nSPS) is 16.1. The van der Waals surface area contributed by atoms with E-state index in [4.69, 9.17) is 9.47 Å². The third kappa shape index (κ3) is 3.46. The van der Waals surface area contributed by atoms with Crippen LogP contribution in [0.5, 0.6) is 0 Å². The van der Waals surface area contributed by atoms with Crippen molar-refractivity contribution in [2.24, 2.45) is 0 Å². The Morgan fingerprint density at radius 3 is 2.50 bits per heavy atom. The molecule has 1 atom stereocenters. The second-order valence-corrected chi connectivity index (χ2v) is 5.65. The van der Waals surface area contributed by atoms with Crippen LogP contribution in [-0.2, 0) is 22.5 Å². The van der Waals surface area contributed by atoms with Crippen LogP contribution < -0.4 is 5.32 Å². The van der Waals surface area contributed by atoms with Crippen LogP contribution in [0.4, 0.5) is 0 Å². The maximum atomic E-state index is 12.4. The molecule has 1 N–H and O–H groups in total. The highest BCUT2D eigenvalue weighted by Gasteiger charge is 2.21. The fourth-order valence-electron chi connectivity index (χ4n) is 2.81. The standard InChI is InChI=1S/C19H19NO4/c1-23-19(22)17-9-5-4-8-16(17)18(21)20-11-15-10-13-6-2-3-7-14(13)12-24-15/h2-9,15H,10-12H2,1H3,(H,20,21). The molecule has 0 saturated heterocycles. The molecule has 1 heterocycles. The number of hydrogen-bond acceptors (Lipinski definition) is 4. The van der Waals surface area contributed by atoms with Crippen molar-refractivity contribution < 1.29 is 19.1 Å². The largest absolute Gasteiger partial charge is 0.465 e. The summed E-state index contributed by atoms with van der Waals surface area (Å²) in [7, 11) is 1.30. The lowest BCUT2D eigenvalue weighted by molar-refractivity contribution is 0.0284. The number of hydrogen-bond donors (Lipinski definition) is 1. The van der Waals surface area contributed by atoms with Crippen molar-refractivity contribution >= 4 is 11.9 Å². The topological polar surface area (TPSA) is 64.6 Å². The lowest BCUT2D eigenvalue weighted by Gasteiger charge is -2.25. The van der Waals surface area contributed by atoms with E-state index in [1.54, 1.807) is 24.3 Å². The molecule has 0 aromatic heterocycles. The predicted octanol–water partition coefficient (Wildman–Crippen LogP) is 2.34. The van der Waals surface area contributed by atoms with E-state index in [-0.39, 0.29) is 17.6 Å². The molecule has 0 bridgehead atoms. The van der Waals surface area contributed by atoms with E-state index in [0.29, 0.717) is 18.7 Å². The van der Waals surface area contributed by atoms with Crippen LogP contribution >= 0.6 is 0 Å². The summed E-state index contributed by atoms with van der Waals surface area (Å²) in [6, 6.07) is 14.7. The van der Waals surface area contributed by atoms with E-state index < -0.39 is 5.97 Å². The van der Waals surface area contributed by atoms with E-state index in [0.717, 1.165) is 6.42 Å². The fraction of sp³-hybridized carbons (Fsp3) is 0.263. The molecule has 3 rings (SSSR count). The summed E-state index contributed by atoms with van der Waals surface area (Å²) in [4.78, 5) is 24.2. The molecule has 1 aliphatic heterocycles. The Bertz CT molecular complexity index is 757. The average Bonchev–Trinajstić information content (AvgIpc) is 2.65. The highest BCUT2D eigenvalue weighted by Crippen LogP contribution is 2.20. The number of amides is 1. The van der Waals surface area contributed by atoms with Crippen LogP contribution in [0.25, 0.3) is 0 Å². The Kier molecular flexibility index (Phi) is 4.91. The second kappa shape index (κ2) is 7.27. The Balaban J connectivity index is 1.64. The van der Waals surface area contributed by atoms with Gasteiger partial charge in [-0.1, -0.05) is 36.4 Å². The Labute approximate surface area is 140 Å². The number of ether oxygens (including phenoxy) is 2. The maximum absolute atomic E-state index is 12.4.